The minimum atomic E-state index is -0.147. The number of fused-ring (bicyclic) bond motifs is 1. The summed E-state index contributed by atoms with van der Waals surface area (Å²) in [4.78, 5) is 13.4. The predicted octanol–water partition coefficient (Wildman–Crippen LogP) is 1.39. The summed E-state index contributed by atoms with van der Waals surface area (Å²) >= 11 is 1.67. The van der Waals surface area contributed by atoms with Crippen LogP contribution in [0.5, 0.6) is 0 Å². The SMILES string of the molecule is O=C(Nc1nn[nH]n1)c1csc2c1CCCC2. The molecule has 0 bridgehead atoms. The monoisotopic (exact) mass is 249 g/mol. The van der Waals surface area contributed by atoms with Gasteiger partial charge in [0.05, 0.1) is 5.56 Å². The van der Waals surface area contributed by atoms with Crippen molar-refractivity contribution in [1.82, 2.24) is 20.6 Å². The van der Waals surface area contributed by atoms with E-state index in [0.29, 0.717) is 0 Å². The van der Waals surface area contributed by atoms with Crippen molar-refractivity contribution in [2.24, 2.45) is 0 Å². The van der Waals surface area contributed by atoms with Crippen molar-refractivity contribution >= 4 is 23.2 Å². The highest BCUT2D eigenvalue weighted by Crippen LogP contribution is 2.30. The van der Waals surface area contributed by atoms with Gasteiger partial charge in [-0.2, -0.15) is 5.21 Å². The number of aromatic nitrogens is 4. The van der Waals surface area contributed by atoms with Crippen molar-refractivity contribution < 1.29 is 4.79 Å². The number of hydrogen-bond acceptors (Lipinski definition) is 5. The first kappa shape index (κ1) is 10.4. The Labute approximate surface area is 101 Å². The topological polar surface area (TPSA) is 83.6 Å². The number of nitrogens with zero attached hydrogens (tertiary/aromatic N) is 3. The minimum Gasteiger partial charge on any atom is -0.288 e. The van der Waals surface area contributed by atoms with Gasteiger partial charge in [0, 0.05) is 10.3 Å². The molecule has 0 saturated heterocycles. The largest absolute Gasteiger partial charge is 0.288 e. The summed E-state index contributed by atoms with van der Waals surface area (Å²) < 4.78 is 0. The maximum atomic E-state index is 12.0. The third kappa shape index (κ3) is 1.93. The van der Waals surface area contributed by atoms with E-state index < -0.39 is 0 Å². The zero-order valence-corrected chi connectivity index (χ0v) is 9.88. The van der Waals surface area contributed by atoms with Crippen LogP contribution in [0.4, 0.5) is 5.95 Å². The summed E-state index contributed by atoms with van der Waals surface area (Å²) in [7, 11) is 0. The molecule has 88 valence electrons. The first-order valence-corrected chi connectivity index (χ1v) is 6.36. The second kappa shape index (κ2) is 4.25. The molecule has 2 heterocycles. The van der Waals surface area contributed by atoms with Gasteiger partial charge in [-0.25, -0.2) is 0 Å². The maximum absolute atomic E-state index is 12.0. The van der Waals surface area contributed by atoms with Crippen molar-refractivity contribution in [2.45, 2.75) is 25.7 Å². The van der Waals surface area contributed by atoms with Crippen LogP contribution < -0.4 is 5.32 Å². The van der Waals surface area contributed by atoms with Gasteiger partial charge in [0.25, 0.3) is 11.9 Å². The second-order valence-corrected chi connectivity index (χ2v) is 4.91. The molecular formula is C10H11N5OS. The van der Waals surface area contributed by atoms with Crippen molar-refractivity contribution in [1.29, 1.82) is 0 Å². The molecule has 0 atom stereocenters. The third-order valence-corrected chi connectivity index (χ3v) is 3.97. The summed E-state index contributed by atoms with van der Waals surface area (Å²) in [5.74, 6) is 0.0663. The van der Waals surface area contributed by atoms with Crippen LogP contribution in [0.15, 0.2) is 5.38 Å². The average Bonchev–Trinajstić information content (AvgIpc) is 2.96. The van der Waals surface area contributed by atoms with E-state index in [1.165, 1.54) is 16.9 Å². The van der Waals surface area contributed by atoms with Gasteiger partial charge >= 0.3 is 0 Å². The molecule has 1 amide bonds. The molecule has 0 aliphatic heterocycles. The highest BCUT2D eigenvalue weighted by Gasteiger charge is 2.20. The number of carbonyl (C=O) groups excluding carboxylic acids is 1. The molecule has 7 heteroatoms. The van der Waals surface area contributed by atoms with Crippen LogP contribution in [0, 0.1) is 0 Å². The van der Waals surface area contributed by atoms with E-state index >= 15 is 0 Å². The summed E-state index contributed by atoms with van der Waals surface area (Å²) in [5.41, 5.74) is 1.96. The van der Waals surface area contributed by atoms with Gasteiger partial charge in [0.2, 0.25) is 0 Å². The van der Waals surface area contributed by atoms with Crippen LogP contribution in [0.25, 0.3) is 0 Å². The van der Waals surface area contributed by atoms with E-state index in [4.69, 9.17) is 0 Å². The van der Waals surface area contributed by atoms with Gasteiger partial charge in [0.15, 0.2) is 0 Å². The van der Waals surface area contributed by atoms with Gasteiger partial charge < -0.3 is 0 Å². The molecule has 2 aromatic rings. The van der Waals surface area contributed by atoms with Gasteiger partial charge in [-0.1, -0.05) is 5.10 Å². The number of aryl methyl sites for hydroxylation is 1. The Hall–Kier alpha value is -1.76. The van der Waals surface area contributed by atoms with Crippen LogP contribution in [-0.2, 0) is 12.8 Å². The molecule has 0 aromatic carbocycles. The molecule has 6 nitrogen and oxygen atoms in total. The Bertz CT molecular complexity index is 533. The lowest BCUT2D eigenvalue weighted by atomic mass is 9.96. The van der Waals surface area contributed by atoms with Gasteiger partial charge in [-0.15, -0.1) is 16.4 Å². The first-order valence-electron chi connectivity index (χ1n) is 5.48. The smallest absolute Gasteiger partial charge is 0.270 e. The predicted molar refractivity (Wildman–Crippen MR) is 63.1 cm³/mol. The van der Waals surface area contributed by atoms with Gasteiger partial charge in [0.1, 0.15) is 0 Å². The Kier molecular flexibility index (Phi) is 2.60. The zero-order valence-electron chi connectivity index (χ0n) is 9.06. The number of anilines is 1. The fourth-order valence-electron chi connectivity index (χ4n) is 2.07. The number of tetrazole rings is 1. The van der Waals surface area contributed by atoms with E-state index in [-0.39, 0.29) is 11.9 Å². The molecule has 0 unspecified atom stereocenters. The number of H-pyrrole nitrogens is 1. The lowest BCUT2D eigenvalue weighted by molar-refractivity contribution is 0.102. The maximum Gasteiger partial charge on any atom is 0.270 e. The highest BCUT2D eigenvalue weighted by molar-refractivity contribution is 7.10. The van der Waals surface area contributed by atoms with Gasteiger partial charge in [-0.05, 0) is 36.5 Å². The van der Waals surface area contributed by atoms with Crippen LogP contribution in [0.3, 0.4) is 0 Å². The molecule has 0 saturated carbocycles. The Balaban J connectivity index is 1.84. The molecule has 1 aliphatic rings. The number of thiophene rings is 1. The Morgan fingerprint density at radius 3 is 3.12 bits per heavy atom. The molecule has 2 N–H and O–H groups in total. The summed E-state index contributed by atoms with van der Waals surface area (Å²) in [6, 6.07) is 0. The van der Waals surface area contributed by atoms with Crippen molar-refractivity contribution in [3.63, 3.8) is 0 Å². The van der Waals surface area contributed by atoms with Crippen molar-refractivity contribution in [3.05, 3.63) is 21.4 Å². The van der Waals surface area contributed by atoms with Crippen LogP contribution in [0.1, 0.15) is 33.6 Å². The Morgan fingerprint density at radius 2 is 2.29 bits per heavy atom. The fraction of sp³-hybridized carbons (Fsp3) is 0.400. The molecule has 17 heavy (non-hydrogen) atoms. The molecule has 2 aromatic heterocycles. The van der Waals surface area contributed by atoms with E-state index in [9.17, 15) is 4.79 Å². The van der Waals surface area contributed by atoms with Crippen molar-refractivity contribution in [2.75, 3.05) is 5.32 Å². The molecule has 3 rings (SSSR count). The van der Waals surface area contributed by atoms with E-state index in [2.05, 4.69) is 25.9 Å². The van der Waals surface area contributed by atoms with E-state index in [1.54, 1.807) is 11.3 Å². The number of nitrogens with one attached hydrogen (secondary N) is 2. The fourth-order valence-corrected chi connectivity index (χ4v) is 3.19. The molecule has 0 radical (unpaired) electrons. The van der Waals surface area contributed by atoms with Crippen molar-refractivity contribution in [3.8, 4) is 0 Å². The second-order valence-electron chi connectivity index (χ2n) is 3.95. The summed E-state index contributed by atoms with van der Waals surface area (Å²) in [6.07, 6.45) is 4.47. The first-order chi connectivity index (χ1) is 8.34. The molecule has 0 spiro atoms. The zero-order chi connectivity index (χ0) is 11.7. The standard InChI is InChI=1S/C10H11N5OS/c16-9(11-10-12-14-15-13-10)7-5-17-8-4-2-1-3-6(7)8/h5H,1-4H2,(H2,11,12,13,14,15,16). The van der Waals surface area contributed by atoms with E-state index in [1.807, 2.05) is 5.38 Å². The average molecular weight is 249 g/mol. The van der Waals surface area contributed by atoms with Crippen LogP contribution in [-0.4, -0.2) is 26.5 Å². The third-order valence-electron chi connectivity index (χ3n) is 2.88. The Morgan fingerprint density at radius 1 is 1.41 bits per heavy atom. The summed E-state index contributed by atoms with van der Waals surface area (Å²) in [5, 5.41) is 17.6. The van der Waals surface area contributed by atoms with Crippen LogP contribution in [0.2, 0.25) is 0 Å². The van der Waals surface area contributed by atoms with E-state index in [0.717, 1.165) is 24.8 Å². The minimum absolute atomic E-state index is 0.147. The quantitative estimate of drug-likeness (QED) is 0.842. The summed E-state index contributed by atoms with van der Waals surface area (Å²) in [6.45, 7) is 0. The molecule has 1 aliphatic carbocycles. The number of carbonyl (C=O) groups is 1. The van der Waals surface area contributed by atoms with Crippen LogP contribution >= 0.6 is 11.3 Å². The number of rotatable bonds is 2. The lowest BCUT2D eigenvalue weighted by Gasteiger charge is -2.11. The van der Waals surface area contributed by atoms with Gasteiger partial charge in [-0.3, -0.25) is 10.1 Å². The number of aromatic amines is 1. The highest BCUT2D eigenvalue weighted by atomic mass is 32.1. The lowest BCUT2D eigenvalue weighted by Crippen LogP contribution is -2.15. The number of hydrogen-bond donors (Lipinski definition) is 2. The normalized spacial score (nSPS) is 14.4. The number of amides is 1. The molecule has 0 fully saturated rings. The molecular weight excluding hydrogens is 238 g/mol.